The Morgan fingerprint density at radius 1 is 1.30 bits per heavy atom. The molecule has 7 nitrogen and oxygen atoms in total. The quantitative estimate of drug-likeness (QED) is 0.920. The van der Waals surface area contributed by atoms with Gasteiger partial charge in [0, 0.05) is 43.5 Å². The molecule has 1 unspecified atom stereocenters. The fourth-order valence-electron chi connectivity index (χ4n) is 3.11. The summed E-state index contributed by atoms with van der Waals surface area (Å²) in [6.45, 7) is 6.16. The largest absolute Gasteiger partial charge is 0.368 e. The van der Waals surface area contributed by atoms with Crippen LogP contribution in [0.2, 0.25) is 0 Å². The first-order valence-electron chi connectivity index (χ1n) is 7.86. The number of hydrogen-bond acceptors (Lipinski definition) is 6. The van der Waals surface area contributed by atoms with Gasteiger partial charge in [-0.25, -0.2) is 4.98 Å². The van der Waals surface area contributed by atoms with Gasteiger partial charge in [0.1, 0.15) is 5.82 Å². The smallest absolute Gasteiger partial charge is 0.222 e. The van der Waals surface area contributed by atoms with Gasteiger partial charge in [0.2, 0.25) is 5.95 Å². The van der Waals surface area contributed by atoms with E-state index in [1.54, 1.807) is 4.68 Å². The van der Waals surface area contributed by atoms with E-state index in [1.807, 2.05) is 26.2 Å². The van der Waals surface area contributed by atoms with Crippen LogP contribution in [0.1, 0.15) is 19.0 Å². The van der Waals surface area contributed by atoms with Crippen molar-refractivity contribution < 1.29 is 0 Å². The van der Waals surface area contributed by atoms with E-state index in [-0.39, 0.29) is 5.54 Å². The molecule has 1 aliphatic heterocycles. The summed E-state index contributed by atoms with van der Waals surface area (Å²) in [6, 6.07) is 2.02. The molecule has 7 heteroatoms. The zero-order valence-corrected chi connectivity index (χ0v) is 14.5. The normalized spacial score (nSPS) is 21.4. The first kappa shape index (κ1) is 15.7. The Balaban J connectivity index is 1.95. The lowest BCUT2D eigenvalue weighted by Gasteiger charge is -2.32. The first-order chi connectivity index (χ1) is 10.8. The van der Waals surface area contributed by atoms with Crippen LogP contribution in [0.3, 0.4) is 0 Å². The molecule has 3 heterocycles. The zero-order valence-electron chi connectivity index (χ0n) is 14.5. The molecular formula is C16H25N7. The van der Waals surface area contributed by atoms with Gasteiger partial charge >= 0.3 is 0 Å². The number of rotatable bonds is 3. The van der Waals surface area contributed by atoms with Crippen LogP contribution in [0.5, 0.6) is 0 Å². The average Bonchev–Trinajstić information content (AvgIpc) is 3.02. The SMILES string of the molecule is Cc1nn(C)cc1-c1cc(N2CCC(C)(N(C)C)C2)nc(N)n1. The summed E-state index contributed by atoms with van der Waals surface area (Å²) >= 11 is 0. The Kier molecular flexibility index (Phi) is 3.75. The van der Waals surface area contributed by atoms with Gasteiger partial charge in [-0.2, -0.15) is 10.1 Å². The summed E-state index contributed by atoms with van der Waals surface area (Å²) in [5.41, 5.74) is 8.89. The summed E-state index contributed by atoms with van der Waals surface area (Å²) < 4.78 is 1.79. The molecule has 1 saturated heterocycles. The monoisotopic (exact) mass is 315 g/mol. The van der Waals surface area contributed by atoms with Crippen molar-refractivity contribution in [1.29, 1.82) is 0 Å². The second-order valence-electron chi connectivity index (χ2n) is 6.83. The van der Waals surface area contributed by atoms with Crippen molar-refractivity contribution in [2.24, 2.45) is 7.05 Å². The van der Waals surface area contributed by atoms with Gasteiger partial charge in [-0.15, -0.1) is 0 Å². The second-order valence-corrected chi connectivity index (χ2v) is 6.83. The number of nitrogen functional groups attached to an aromatic ring is 1. The van der Waals surface area contributed by atoms with Crippen LogP contribution in [-0.4, -0.2) is 57.4 Å². The highest BCUT2D eigenvalue weighted by atomic mass is 15.3. The molecule has 124 valence electrons. The van der Waals surface area contributed by atoms with Gasteiger partial charge < -0.3 is 15.5 Å². The molecule has 0 bridgehead atoms. The molecule has 1 fully saturated rings. The number of aromatic nitrogens is 4. The van der Waals surface area contributed by atoms with Crippen molar-refractivity contribution in [1.82, 2.24) is 24.6 Å². The molecule has 0 saturated carbocycles. The van der Waals surface area contributed by atoms with Crippen molar-refractivity contribution >= 4 is 11.8 Å². The molecule has 0 amide bonds. The van der Waals surface area contributed by atoms with Gasteiger partial charge in [0.15, 0.2) is 0 Å². The number of nitrogens with zero attached hydrogens (tertiary/aromatic N) is 6. The van der Waals surface area contributed by atoms with E-state index in [0.717, 1.165) is 42.3 Å². The van der Waals surface area contributed by atoms with E-state index in [2.05, 4.69) is 45.9 Å². The lowest BCUT2D eigenvalue weighted by Crippen LogP contribution is -2.43. The molecule has 0 spiro atoms. The van der Waals surface area contributed by atoms with Crippen molar-refractivity contribution in [3.8, 4) is 11.3 Å². The lowest BCUT2D eigenvalue weighted by atomic mass is 10.0. The zero-order chi connectivity index (χ0) is 16.8. The second kappa shape index (κ2) is 5.49. The number of likely N-dealkylation sites (N-methyl/N-ethyl adjacent to an activating group) is 1. The molecule has 0 aliphatic carbocycles. The first-order valence-corrected chi connectivity index (χ1v) is 7.86. The maximum absolute atomic E-state index is 5.96. The third kappa shape index (κ3) is 2.88. The lowest BCUT2D eigenvalue weighted by molar-refractivity contribution is 0.198. The number of hydrogen-bond donors (Lipinski definition) is 1. The number of anilines is 2. The molecule has 3 rings (SSSR count). The van der Waals surface area contributed by atoms with Crippen molar-refractivity contribution in [2.45, 2.75) is 25.8 Å². The van der Waals surface area contributed by atoms with Gasteiger partial charge in [0.05, 0.1) is 11.4 Å². The Hall–Kier alpha value is -2.15. The fraction of sp³-hybridized carbons (Fsp3) is 0.562. The highest BCUT2D eigenvalue weighted by Gasteiger charge is 2.36. The maximum Gasteiger partial charge on any atom is 0.222 e. The molecule has 1 aliphatic rings. The number of aryl methyl sites for hydroxylation is 2. The minimum Gasteiger partial charge on any atom is -0.368 e. The standard InChI is InChI=1S/C16H25N7/c1-11-12(9-22(5)20-11)13-8-14(19-15(17)18-13)23-7-6-16(2,10-23)21(3)4/h8-9H,6-7,10H2,1-5H3,(H2,17,18,19). The highest BCUT2D eigenvalue weighted by molar-refractivity contribution is 5.66. The number of nitrogens with two attached hydrogens (primary N) is 1. The van der Waals surface area contributed by atoms with E-state index in [0.29, 0.717) is 5.95 Å². The summed E-state index contributed by atoms with van der Waals surface area (Å²) in [5, 5.41) is 4.39. The van der Waals surface area contributed by atoms with Crippen LogP contribution < -0.4 is 10.6 Å². The van der Waals surface area contributed by atoms with Crippen molar-refractivity contribution in [3.63, 3.8) is 0 Å². The van der Waals surface area contributed by atoms with E-state index in [1.165, 1.54) is 0 Å². The van der Waals surface area contributed by atoms with Crippen molar-refractivity contribution in [2.75, 3.05) is 37.8 Å². The molecule has 2 N–H and O–H groups in total. The molecule has 2 aromatic heterocycles. The minimum absolute atomic E-state index is 0.157. The van der Waals surface area contributed by atoms with E-state index < -0.39 is 0 Å². The van der Waals surface area contributed by atoms with Gasteiger partial charge in [-0.05, 0) is 34.4 Å². The van der Waals surface area contributed by atoms with Gasteiger partial charge in [0.25, 0.3) is 0 Å². The fourth-order valence-corrected chi connectivity index (χ4v) is 3.11. The average molecular weight is 315 g/mol. The predicted octanol–water partition coefficient (Wildman–Crippen LogP) is 1.30. The van der Waals surface area contributed by atoms with Gasteiger partial charge in [-0.3, -0.25) is 4.68 Å². The van der Waals surface area contributed by atoms with Crippen LogP contribution in [0.15, 0.2) is 12.3 Å². The Bertz CT molecular complexity index is 721. The van der Waals surface area contributed by atoms with Gasteiger partial charge in [-0.1, -0.05) is 0 Å². The predicted molar refractivity (Wildman–Crippen MR) is 92.3 cm³/mol. The molecule has 23 heavy (non-hydrogen) atoms. The molecule has 0 radical (unpaired) electrons. The summed E-state index contributed by atoms with van der Waals surface area (Å²) in [7, 11) is 6.16. The maximum atomic E-state index is 5.96. The highest BCUT2D eigenvalue weighted by Crippen LogP contribution is 2.31. The van der Waals surface area contributed by atoms with E-state index >= 15 is 0 Å². The topological polar surface area (TPSA) is 76.1 Å². The van der Waals surface area contributed by atoms with Crippen LogP contribution in [0.25, 0.3) is 11.3 Å². The Labute approximate surface area is 137 Å². The summed E-state index contributed by atoms with van der Waals surface area (Å²) in [6.07, 6.45) is 3.07. The molecular weight excluding hydrogens is 290 g/mol. The Morgan fingerprint density at radius 2 is 2.04 bits per heavy atom. The third-order valence-electron chi connectivity index (χ3n) is 4.87. The third-order valence-corrected chi connectivity index (χ3v) is 4.87. The minimum atomic E-state index is 0.157. The molecule has 0 aromatic carbocycles. The summed E-state index contributed by atoms with van der Waals surface area (Å²) in [4.78, 5) is 13.4. The summed E-state index contributed by atoms with van der Waals surface area (Å²) in [5.74, 6) is 1.19. The van der Waals surface area contributed by atoms with Crippen LogP contribution in [-0.2, 0) is 7.05 Å². The molecule has 2 aromatic rings. The van der Waals surface area contributed by atoms with Crippen molar-refractivity contribution in [3.05, 3.63) is 18.0 Å². The van der Waals surface area contributed by atoms with E-state index in [4.69, 9.17) is 5.73 Å². The van der Waals surface area contributed by atoms with Crippen LogP contribution >= 0.6 is 0 Å². The van der Waals surface area contributed by atoms with Crippen LogP contribution in [0.4, 0.5) is 11.8 Å². The molecule has 1 atom stereocenters. The Morgan fingerprint density at radius 3 is 2.61 bits per heavy atom. The van der Waals surface area contributed by atoms with Crippen LogP contribution in [0, 0.1) is 6.92 Å². The van der Waals surface area contributed by atoms with E-state index in [9.17, 15) is 0 Å².